The first kappa shape index (κ1) is 12.9. The van der Waals surface area contributed by atoms with E-state index in [1.165, 1.54) is 16.5 Å². The van der Waals surface area contributed by atoms with Crippen LogP contribution in [0, 0.1) is 0 Å². The number of nitrogens with zero attached hydrogens (tertiary/aromatic N) is 4. The summed E-state index contributed by atoms with van der Waals surface area (Å²) in [5.41, 5.74) is 3.45. The summed E-state index contributed by atoms with van der Waals surface area (Å²) in [6.07, 6.45) is 3.96. The van der Waals surface area contributed by atoms with Gasteiger partial charge in [0.15, 0.2) is 0 Å². The molecule has 0 saturated carbocycles. The van der Waals surface area contributed by atoms with E-state index < -0.39 is 0 Å². The van der Waals surface area contributed by atoms with E-state index in [2.05, 4.69) is 47.8 Å². The van der Waals surface area contributed by atoms with E-state index in [-0.39, 0.29) is 0 Å². The van der Waals surface area contributed by atoms with Crippen molar-refractivity contribution in [1.29, 1.82) is 0 Å². The molecule has 20 heavy (non-hydrogen) atoms. The van der Waals surface area contributed by atoms with Gasteiger partial charge < -0.3 is 5.32 Å². The van der Waals surface area contributed by atoms with Gasteiger partial charge in [-0.2, -0.15) is 10.2 Å². The molecule has 2 heterocycles. The lowest BCUT2D eigenvalue weighted by atomic mass is 10.2. The first-order valence-corrected chi connectivity index (χ1v) is 6.92. The minimum absolute atomic E-state index is 0.706. The van der Waals surface area contributed by atoms with Gasteiger partial charge in [-0.3, -0.25) is 9.36 Å². The molecule has 0 bridgehead atoms. The molecule has 0 aliphatic carbocycles. The summed E-state index contributed by atoms with van der Waals surface area (Å²) in [5, 5.41) is 13.4. The highest BCUT2D eigenvalue weighted by atomic mass is 15.3. The van der Waals surface area contributed by atoms with Gasteiger partial charge in [-0.25, -0.2) is 0 Å². The number of fused-ring (bicyclic) bond motifs is 1. The fourth-order valence-corrected chi connectivity index (χ4v) is 2.50. The molecule has 1 N–H and O–H groups in total. The van der Waals surface area contributed by atoms with Crippen molar-refractivity contribution >= 4 is 10.9 Å². The largest absolute Gasteiger partial charge is 0.316 e. The zero-order valence-electron chi connectivity index (χ0n) is 11.9. The van der Waals surface area contributed by atoms with Crippen LogP contribution < -0.4 is 5.32 Å². The molecule has 0 radical (unpaired) electrons. The predicted octanol–water partition coefficient (Wildman–Crippen LogP) is 2.02. The normalized spacial score (nSPS) is 11.3. The van der Waals surface area contributed by atoms with Gasteiger partial charge in [-0.05, 0) is 20.0 Å². The van der Waals surface area contributed by atoms with E-state index in [0.29, 0.717) is 6.54 Å². The number of para-hydroxylation sites is 1. The summed E-state index contributed by atoms with van der Waals surface area (Å²) in [6.45, 7) is 4.54. The zero-order chi connectivity index (χ0) is 13.9. The van der Waals surface area contributed by atoms with Gasteiger partial charge in [0, 0.05) is 30.2 Å². The number of hydrogen-bond acceptors (Lipinski definition) is 3. The Labute approximate surface area is 118 Å². The highest BCUT2D eigenvalue weighted by Gasteiger charge is 2.10. The topological polar surface area (TPSA) is 47.7 Å². The van der Waals surface area contributed by atoms with Crippen LogP contribution in [-0.2, 0) is 19.6 Å². The first-order valence-electron chi connectivity index (χ1n) is 6.92. The molecule has 0 atom stereocenters. The van der Waals surface area contributed by atoms with Crippen molar-refractivity contribution < 1.29 is 0 Å². The van der Waals surface area contributed by atoms with Crippen molar-refractivity contribution in [3.05, 3.63) is 47.9 Å². The van der Waals surface area contributed by atoms with Gasteiger partial charge in [-0.1, -0.05) is 18.2 Å². The van der Waals surface area contributed by atoms with E-state index in [1.807, 2.05) is 22.6 Å². The van der Waals surface area contributed by atoms with Gasteiger partial charge in [0.2, 0.25) is 0 Å². The highest BCUT2D eigenvalue weighted by Crippen LogP contribution is 2.19. The molecule has 0 amide bonds. The molecule has 5 heteroatoms. The molecule has 5 nitrogen and oxygen atoms in total. The maximum absolute atomic E-state index is 4.70. The monoisotopic (exact) mass is 269 g/mol. The van der Waals surface area contributed by atoms with Gasteiger partial charge in [0.1, 0.15) is 0 Å². The number of aryl methyl sites for hydroxylation is 1. The second-order valence-corrected chi connectivity index (χ2v) is 4.86. The molecular formula is C15H19N5. The summed E-state index contributed by atoms with van der Waals surface area (Å²) in [5.74, 6) is 0. The van der Waals surface area contributed by atoms with Crippen molar-refractivity contribution in [2.75, 3.05) is 7.05 Å². The van der Waals surface area contributed by atoms with Gasteiger partial charge in [0.05, 0.1) is 24.0 Å². The summed E-state index contributed by atoms with van der Waals surface area (Å²) in [6, 6.07) is 8.36. The Hall–Kier alpha value is -2.14. The second-order valence-electron chi connectivity index (χ2n) is 4.86. The van der Waals surface area contributed by atoms with Crippen molar-refractivity contribution in [1.82, 2.24) is 24.9 Å². The quantitative estimate of drug-likeness (QED) is 0.771. The molecule has 2 aromatic heterocycles. The van der Waals surface area contributed by atoms with Crippen LogP contribution in [-0.4, -0.2) is 26.6 Å². The molecule has 0 aliphatic rings. The van der Waals surface area contributed by atoms with Crippen LogP contribution in [0.4, 0.5) is 0 Å². The third kappa shape index (κ3) is 2.32. The predicted molar refractivity (Wildman–Crippen MR) is 79.5 cm³/mol. The summed E-state index contributed by atoms with van der Waals surface area (Å²) in [4.78, 5) is 0. The minimum Gasteiger partial charge on any atom is -0.316 e. The van der Waals surface area contributed by atoms with Crippen molar-refractivity contribution in [2.24, 2.45) is 0 Å². The second kappa shape index (κ2) is 5.46. The molecule has 3 aromatic rings. The Morgan fingerprint density at radius 3 is 2.90 bits per heavy atom. The SMILES string of the molecule is CCn1nc(Cn2cc(CNC)cn2)c2ccccc21. The summed E-state index contributed by atoms with van der Waals surface area (Å²) < 4.78 is 3.99. The van der Waals surface area contributed by atoms with Gasteiger partial charge >= 0.3 is 0 Å². The van der Waals surface area contributed by atoms with Crippen LogP contribution in [0.5, 0.6) is 0 Å². The first-order chi connectivity index (χ1) is 9.81. The van der Waals surface area contributed by atoms with Crippen molar-refractivity contribution in [2.45, 2.75) is 26.6 Å². The molecule has 3 rings (SSSR count). The molecular weight excluding hydrogens is 250 g/mol. The highest BCUT2D eigenvalue weighted by molar-refractivity contribution is 5.81. The molecule has 0 unspecified atom stereocenters. The summed E-state index contributed by atoms with van der Waals surface area (Å²) in [7, 11) is 1.94. The Balaban J connectivity index is 1.93. The number of aromatic nitrogens is 4. The Morgan fingerprint density at radius 1 is 1.25 bits per heavy atom. The lowest BCUT2D eigenvalue weighted by molar-refractivity contribution is 0.627. The van der Waals surface area contributed by atoms with Crippen molar-refractivity contribution in [3.8, 4) is 0 Å². The maximum Gasteiger partial charge on any atom is 0.0918 e. The average Bonchev–Trinajstić information content (AvgIpc) is 3.05. The van der Waals surface area contributed by atoms with E-state index in [0.717, 1.165) is 18.8 Å². The lowest BCUT2D eigenvalue weighted by Crippen LogP contribution is -2.05. The van der Waals surface area contributed by atoms with E-state index >= 15 is 0 Å². The fourth-order valence-electron chi connectivity index (χ4n) is 2.50. The van der Waals surface area contributed by atoms with Gasteiger partial charge in [-0.15, -0.1) is 0 Å². The van der Waals surface area contributed by atoms with Crippen LogP contribution in [0.25, 0.3) is 10.9 Å². The van der Waals surface area contributed by atoms with Crippen LogP contribution >= 0.6 is 0 Å². The summed E-state index contributed by atoms with van der Waals surface area (Å²) >= 11 is 0. The number of rotatable bonds is 5. The number of nitrogens with one attached hydrogen (secondary N) is 1. The third-order valence-electron chi connectivity index (χ3n) is 3.41. The fraction of sp³-hybridized carbons (Fsp3) is 0.333. The average molecular weight is 269 g/mol. The Bertz CT molecular complexity index is 710. The number of hydrogen-bond donors (Lipinski definition) is 1. The Kier molecular flexibility index (Phi) is 3.52. The molecule has 104 valence electrons. The molecule has 1 aromatic carbocycles. The Morgan fingerprint density at radius 2 is 2.10 bits per heavy atom. The lowest BCUT2D eigenvalue weighted by Gasteiger charge is -1.98. The van der Waals surface area contributed by atoms with Gasteiger partial charge in [0.25, 0.3) is 0 Å². The molecule has 0 saturated heterocycles. The van der Waals surface area contributed by atoms with Crippen LogP contribution in [0.15, 0.2) is 36.7 Å². The van der Waals surface area contributed by atoms with E-state index in [4.69, 9.17) is 5.10 Å². The van der Waals surface area contributed by atoms with Crippen LogP contribution in [0.1, 0.15) is 18.2 Å². The molecule has 0 spiro atoms. The van der Waals surface area contributed by atoms with E-state index in [9.17, 15) is 0 Å². The zero-order valence-corrected chi connectivity index (χ0v) is 11.9. The van der Waals surface area contributed by atoms with Crippen LogP contribution in [0.2, 0.25) is 0 Å². The standard InChI is InChI=1S/C15H19N5/c1-3-20-15-7-5-4-6-13(15)14(18-20)11-19-10-12(8-16-2)9-17-19/h4-7,9-10,16H,3,8,11H2,1-2H3. The maximum atomic E-state index is 4.70. The third-order valence-corrected chi connectivity index (χ3v) is 3.41. The van der Waals surface area contributed by atoms with Crippen molar-refractivity contribution in [3.63, 3.8) is 0 Å². The van der Waals surface area contributed by atoms with E-state index in [1.54, 1.807) is 0 Å². The number of benzene rings is 1. The smallest absolute Gasteiger partial charge is 0.0918 e. The minimum atomic E-state index is 0.706. The molecule has 0 aliphatic heterocycles. The van der Waals surface area contributed by atoms with Crippen LogP contribution in [0.3, 0.4) is 0 Å². The molecule has 0 fully saturated rings.